The number of piperazine rings is 1. The van der Waals surface area contributed by atoms with Crippen LogP contribution in [-0.2, 0) is 6.54 Å². The predicted molar refractivity (Wildman–Crippen MR) is 106 cm³/mol. The zero-order chi connectivity index (χ0) is 19.9. The van der Waals surface area contributed by atoms with E-state index in [9.17, 15) is 4.79 Å². The smallest absolute Gasteiger partial charge is 0.289 e. The van der Waals surface area contributed by atoms with Crippen LogP contribution in [0, 0.1) is 0 Å². The van der Waals surface area contributed by atoms with Crippen molar-refractivity contribution in [2.45, 2.75) is 6.54 Å². The Kier molecular flexibility index (Phi) is 6.41. The van der Waals surface area contributed by atoms with Gasteiger partial charge in [-0.05, 0) is 29.8 Å². The van der Waals surface area contributed by atoms with Crippen LogP contribution in [-0.4, -0.2) is 69.1 Å². The van der Waals surface area contributed by atoms with Crippen LogP contribution >= 0.6 is 0 Å². The van der Waals surface area contributed by atoms with E-state index in [0.717, 1.165) is 11.5 Å². The van der Waals surface area contributed by atoms with Crippen molar-refractivity contribution < 1.29 is 18.7 Å². The number of carbonyl (C=O) groups excluding carboxylic acids is 1. The van der Waals surface area contributed by atoms with Crippen LogP contribution in [0.1, 0.15) is 16.1 Å². The fourth-order valence-corrected chi connectivity index (χ4v) is 3.18. The van der Waals surface area contributed by atoms with Gasteiger partial charge in [-0.3, -0.25) is 9.79 Å². The lowest BCUT2D eigenvalue weighted by molar-refractivity contribution is 0.0657. The quantitative estimate of drug-likeness (QED) is 0.624. The van der Waals surface area contributed by atoms with Crippen LogP contribution in [0.5, 0.6) is 11.5 Å². The monoisotopic (exact) mass is 386 g/mol. The van der Waals surface area contributed by atoms with Gasteiger partial charge in [0.2, 0.25) is 0 Å². The summed E-state index contributed by atoms with van der Waals surface area (Å²) in [6.45, 7) is 3.27. The summed E-state index contributed by atoms with van der Waals surface area (Å²) in [7, 11) is 5.00. The molecule has 0 bridgehead atoms. The lowest BCUT2D eigenvalue weighted by Gasteiger charge is -2.36. The molecule has 1 fully saturated rings. The Morgan fingerprint density at radius 2 is 1.82 bits per heavy atom. The van der Waals surface area contributed by atoms with Gasteiger partial charge in [0, 0.05) is 39.8 Å². The molecule has 1 amide bonds. The summed E-state index contributed by atoms with van der Waals surface area (Å²) in [5.74, 6) is 2.51. The van der Waals surface area contributed by atoms with Crippen LogP contribution < -0.4 is 14.8 Å². The number of nitrogens with one attached hydrogen (secondary N) is 1. The highest BCUT2D eigenvalue weighted by Crippen LogP contribution is 2.27. The molecule has 1 aliphatic rings. The van der Waals surface area contributed by atoms with Crippen LogP contribution in [0.2, 0.25) is 0 Å². The molecule has 150 valence electrons. The van der Waals surface area contributed by atoms with Gasteiger partial charge in [-0.1, -0.05) is 6.07 Å². The van der Waals surface area contributed by atoms with E-state index in [1.165, 1.54) is 6.26 Å². The van der Waals surface area contributed by atoms with E-state index in [-0.39, 0.29) is 5.91 Å². The van der Waals surface area contributed by atoms with Crippen molar-refractivity contribution in [2.24, 2.45) is 4.99 Å². The Hall–Kier alpha value is -3.16. The van der Waals surface area contributed by atoms with Gasteiger partial charge >= 0.3 is 0 Å². The molecule has 3 rings (SSSR count). The summed E-state index contributed by atoms with van der Waals surface area (Å²) in [6.07, 6.45) is 1.52. The number of nitrogens with zero attached hydrogens (tertiary/aromatic N) is 3. The molecule has 1 saturated heterocycles. The van der Waals surface area contributed by atoms with Crippen molar-refractivity contribution >= 4 is 11.9 Å². The van der Waals surface area contributed by atoms with Crippen LogP contribution in [0.3, 0.4) is 0 Å². The molecule has 1 N–H and O–H groups in total. The third kappa shape index (κ3) is 4.39. The minimum absolute atomic E-state index is 0.0714. The molecule has 2 heterocycles. The highest BCUT2D eigenvalue weighted by atomic mass is 16.5. The first-order chi connectivity index (χ1) is 13.7. The third-order valence-corrected chi connectivity index (χ3v) is 4.71. The molecule has 1 aromatic heterocycles. The molecule has 1 aliphatic heterocycles. The van der Waals surface area contributed by atoms with Gasteiger partial charge in [0.1, 0.15) is 0 Å². The summed E-state index contributed by atoms with van der Waals surface area (Å²) < 4.78 is 15.8. The van der Waals surface area contributed by atoms with Crippen LogP contribution in [0.4, 0.5) is 0 Å². The molecule has 0 unspecified atom stereocenters. The van der Waals surface area contributed by atoms with Crippen molar-refractivity contribution in [3.05, 3.63) is 47.9 Å². The van der Waals surface area contributed by atoms with Crippen molar-refractivity contribution in [3.63, 3.8) is 0 Å². The van der Waals surface area contributed by atoms with Gasteiger partial charge in [-0.15, -0.1) is 0 Å². The highest BCUT2D eigenvalue weighted by molar-refractivity contribution is 5.91. The van der Waals surface area contributed by atoms with E-state index in [1.807, 2.05) is 18.2 Å². The molecule has 2 aromatic rings. The number of carbonyl (C=O) groups is 1. The zero-order valence-corrected chi connectivity index (χ0v) is 16.5. The average Bonchev–Trinajstić information content (AvgIpc) is 3.29. The normalized spacial score (nSPS) is 14.8. The number of methoxy groups -OCH3 is 2. The summed E-state index contributed by atoms with van der Waals surface area (Å²) >= 11 is 0. The van der Waals surface area contributed by atoms with E-state index in [1.54, 1.807) is 38.3 Å². The molecular weight excluding hydrogens is 360 g/mol. The molecule has 28 heavy (non-hydrogen) atoms. The summed E-state index contributed by atoms with van der Waals surface area (Å²) in [5.41, 5.74) is 1.06. The van der Waals surface area contributed by atoms with E-state index in [4.69, 9.17) is 13.9 Å². The molecular formula is C20H26N4O4. The lowest BCUT2D eigenvalue weighted by Crippen LogP contribution is -2.53. The minimum atomic E-state index is -0.0714. The molecule has 0 aliphatic carbocycles. The SMILES string of the molecule is CN=C(NCc1ccc(OC)c(OC)c1)N1CCN(C(=O)c2ccco2)CC1. The molecule has 1 aromatic carbocycles. The van der Waals surface area contributed by atoms with Crippen LogP contribution in [0.25, 0.3) is 0 Å². The van der Waals surface area contributed by atoms with Gasteiger partial charge in [0.25, 0.3) is 5.91 Å². The largest absolute Gasteiger partial charge is 0.493 e. The van der Waals surface area contributed by atoms with Gasteiger partial charge in [0.15, 0.2) is 23.2 Å². The second-order valence-corrected chi connectivity index (χ2v) is 6.35. The molecule has 0 atom stereocenters. The summed E-state index contributed by atoms with van der Waals surface area (Å²) in [5, 5.41) is 3.37. The topological polar surface area (TPSA) is 79.5 Å². The van der Waals surface area contributed by atoms with Gasteiger partial charge in [-0.25, -0.2) is 0 Å². The Morgan fingerprint density at radius 3 is 2.43 bits per heavy atom. The maximum atomic E-state index is 12.4. The first-order valence-corrected chi connectivity index (χ1v) is 9.15. The van der Waals surface area contributed by atoms with Gasteiger partial charge < -0.3 is 29.0 Å². The van der Waals surface area contributed by atoms with Gasteiger partial charge in [0.05, 0.1) is 20.5 Å². The molecule has 8 nitrogen and oxygen atoms in total. The standard InChI is InChI=1S/C20H26N4O4/c1-21-20(22-14-15-6-7-16(26-2)18(13-15)27-3)24-10-8-23(9-11-24)19(25)17-5-4-12-28-17/h4-7,12-13H,8-11,14H2,1-3H3,(H,21,22). The Labute approximate surface area is 164 Å². The van der Waals surface area contributed by atoms with E-state index in [0.29, 0.717) is 50.0 Å². The second-order valence-electron chi connectivity index (χ2n) is 6.35. The molecule has 0 radical (unpaired) electrons. The fourth-order valence-electron chi connectivity index (χ4n) is 3.18. The molecule has 0 saturated carbocycles. The number of benzene rings is 1. The predicted octanol–water partition coefficient (Wildman–Crippen LogP) is 1.83. The summed E-state index contributed by atoms with van der Waals surface area (Å²) in [6, 6.07) is 9.24. The lowest BCUT2D eigenvalue weighted by atomic mass is 10.2. The number of rotatable bonds is 5. The minimum Gasteiger partial charge on any atom is -0.493 e. The molecule has 8 heteroatoms. The number of guanidine groups is 1. The number of furan rings is 1. The van der Waals surface area contributed by atoms with E-state index >= 15 is 0 Å². The van der Waals surface area contributed by atoms with Crippen molar-refractivity contribution in [3.8, 4) is 11.5 Å². The number of ether oxygens (including phenoxy) is 2. The van der Waals surface area contributed by atoms with Crippen molar-refractivity contribution in [1.82, 2.24) is 15.1 Å². The summed E-state index contributed by atoms with van der Waals surface area (Å²) in [4.78, 5) is 20.7. The van der Waals surface area contributed by atoms with E-state index in [2.05, 4.69) is 15.2 Å². The number of hydrogen-bond donors (Lipinski definition) is 1. The van der Waals surface area contributed by atoms with E-state index < -0.39 is 0 Å². The van der Waals surface area contributed by atoms with Crippen molar-refractivity contribution in [1.29, 1.82) is 0 Å². The number of hydrogen-bond acceptors (Lipinski definition) is 5. The zero-order valence-electron chi connectivity index (χ0n) is 16.5. The highest BCUT2D eigenvalue weighted by Gasteiger charge is 2.25. The van der Waals surface area contributed by atoms with Crippen LogP contribution in [0.15, 0.2) is 46.0 Å². The third-order valence-electron chi connectivity index (χ3n) is 4.71. The number of aliphatic imine (C=N–C) groups is 1. The maximum Gasteiger partial charge on any atom is 0.289 e. The molecule has 0 spiro atoms. The average molecular weight is 386 g/mol. The Morgan fingerprint density at radius 1 is 1.11 bits per heavy atom. The first kappa shape index (κ1) is 19.6. The van der Waals surface area contributed by atoms with Crippen molar-refractivity contribution in [2.75, 3.05) is 47.4 Å². The first-order valence-electron chi connectivity index (χ1n) is 9.15. The maximum absolute atomic E-state index is 12.4. The second kappa shape index (κ2) is 9.16. The Balaban J connectivity index is 1.54. The van der Waals surface area contributed by atoms with Gasteiger partial charge in [-0.2, -0.15) is 0 Å². The fraction of sp³-hybridized carbons (Fsp3) is 0.400. The Bertz CT molecular complexity index is 812. The number of amides is 1.